The first-order chi connectivity index (χ1) is 18.2. The first kappa shape index (κ1) is 27.9. The van der Waals surface area contributed by atoms with E-state index >= 15 is 0 Å². The summed E-state index contributed by atoms with van der Waals surface area (Å²) in [5.41, 5.74) is 3.63. The number of rotatable bonds is 4. The lowest BCUT2D eigenvalue weighted by molar-refractivity contribution is -0.181. The van der Waals surface area contributed by atoms with Crippen LogP contribution in [0, 0.1) is 23.7 Å². The number of hydrogen-bond donors (Lipinski definition) is 3. The average Bonchev–Trinajstić information content (AvgIpc) is 3.16. The number of likely N-dealkylation sites (tertiary alicyclic amines) is 1. The number of halogens is 1. The van der Waals surface area contributed by atoms with Crippen LogP contribution >= 0.6 is 11.6 Å². The number of aromatic hydroxyl groups is 1. The van der Waals surface area contributed by atoms with Crippen molar-refractivity contribution in [3.63, 3.8) is 0 Å². The van der Waals surface area contributed by atoms with Gasteiger partial charge in [-0.2, -0.15) is 0 Å². The van der Waals surface area contributed by atoms with Crippen molar-refractivity contribution >= 4 is 40.6 Å². The molecule has 210 valence electrons. The highest BCUT2D eigenvalue weighted by Crippen LogP contribution is 2.52. The van der Waals surface area contributed by atoms with Crippen LogP contribution in [0.1, 0.15) is 54.6 Å². The van der Waals surface area contributed by atoms with Crippen molar-refractivity contribution in [2.75, 3.05) is 14.1 Å². The second kappa shape index (κ2) is 9.47. The zero-order valence-electron chi connectivity index (χ0n) is 22.4. The predicted molar refractivity (Wildman–Crippen MR) is 140 cm³/mol. The summed E-state index contributed by atoms with van der Waals surface area (Å²) in [6.45, 7) is 4.76. The van der Waals surface area contributed by atoms with Crippen molar-refractivity contribution in [2.45, 2.75) is 69.8 Å². The number of phenols is 1. The standard InChI is InChI=1S/C28H34ClN3O7/c1-11-5-6-12(2)32(11)10-14-9-17(33)19-15(21(14)29)7-13-8-16-22(31(3)4)24(35)20(27(30)38)26(37)28(16,39)25(36)18(13)23(19)34/h9,11-13,16,18,20,22,33,39H,5-8,10H2,1-4H3,(H2,30,38)/t11-,12+,13-,16-,18?,20?,22-,28-/m0/s1. The lowest BCUT2D eigenvalue weighted by Gasteiger charge is -2.52. The Morgan fingerprint density at radius 1 is 1.15 bits per heavy atom. The van der Waals surface area contributed by atoms with Gasteiger partial charge in [-0.05, 0) is 76.7 Å². The van der Waals surface area contributed by atoms with E-state index in [9.17, 15) is 34.2 Å². The molecule has 1 saturated heterocycles. The summed E-state index contributed by atoms with van der Waals surface area (Å²) < 4.78 is 0. The number of nitrogens with two attached hydrogens (primary N) is 1. The van der Waals surface area contributed by atoms with Crippen LogP contribution in [0.3, 0.4) is 0 Å². The third-order valence-electron chi connectivity index (χ3n) is 9.56. The zero-order valence-corrected chi connectivity index (χ0v) is 23.2. The first-order valence-corrected chi connectivity index (χ1v) is 13.7. The maximum absolute atomic E-state index is 13.9. The quantitative estimate of drug-likeness (QED) is 0.455. The van der Waals surface area contributed by atoms with Crippen LogP contribution in [0.4, 0.5) is 0 Å². The molecule has 1 aliphatic heterocycles. The van der Waals surface area contributed by atoms with Gasteiger partial charge >= 0.3 is 0 Å². The van der Waals surface area contributed by atoms with E-state index < -0.39 is 64.4 Å². The fraction of sp³-hybridized carbons (Fsp3) is 0.607. The van der Waals surface area contributed by atoms with Gasteiger partial charge in [0.1, 0.15) is 5.75 Å². The summed E-state index contributed by atoms with van der Waals surface area (Å²) in [5, 5.41) is 23.0. The monoisotopic (exact) mass is 559 g/mol. The van der Waals surface area contributed by atoms with E-state index in [0.717, 1.165) is 12.8 Å². The van der Waals surface area contributed by atoms with Gasteiger partial charge in [-0.25, -0.2) is 0 Å². The summed E-state index contributed by atoms with van der Waals surface area (Å²) in [5.74, 6) is -10.7. The maximum Gasteiger partial charge on any atom is 0.235 e. The van der Waals surface area contributed by atoms with Gasteiger partial charge in [-0.15, -0.1) is 0 Å². The highest BCUT2D eigenvalue weighted by Gasteiger charge is 2.69. The van der Waals surface area contributed by atoms with Crippen molar-refractivity contribution in [3.05, 3.63) is 27.8 Å². The van der Waals surface area contributed by atoms with Gasteiger partial charge in [0.15, 0.2) is 34.7 Å². The third kappa shape index (κ3) is 3.90. The molecule has 10 nitrogen and oxygen atoms in total. The first-order valence-electron chi connectivity index (χ1n) is 13.3. The third-order valence-corrected chi connectivity index (χ3v) is 10.0. The van der Waals surface area contributed by atoms with Crippen LogP contribution in [-0.2, 0) is 32.1 Å². The lowest BCUT2D eigenvalue weighted by atomic mass is 9.52. The Bertz CT molecular complexity index is 1300. The van der Waals surface area contributed by atoms with Crippen LogP contribution in [0.5, 0.6) is 5.75 Å². The SMILES string of the molecule is C[C@@H]1CC[C@H](C)N1Cc1cc(O)c2c(c1Cl)C[C@H]1C[C@H]3[C@H](N(C)C)C(=O)C(C(N)=O)C(=O)[C@@]3(O)C(=O)C1C2=O. The Hall–Kier alpha value is -2.66. The van der Waals surface area contributed by atoms with E-state index in [4.69, 9.17) is 17.3 Å². The summed E-state index contributed by atoms with van der Waals surface area (Å²) in [6.07, 6.45) is 2.24. The Kier molecular flexibility index (Phi) is 6.77. The van der Waals surface area contributed by atoms with E-state index in [-0.39, 0.29) is 24.2 Å². The average molecular weight is 560 g/mol. The van der Waals surface area contributed by atoms with Gasteiger partial charge in [0.25, 0.3) is 0 Å². The van der Waals surface area contributed by atoms with Crippen LogP contribution in [0.15, 0.2) is 6.07 Å². The Labute approximate surface area is 231 Å². The number of ketones is 4. The molecule has 0 aromatic heterocycles. The molecule has 0 bridgehead atoms. The van der Waals surface area contributed by atoms with Crippen LogP contribution in [0.2, 0.25) is 5.02 Å². The van der Waals surface area contributed by atoms with Gasteiger partial charge in [0.2, 0.25) is 5.91 Å². The molecule has 1 amide bonds. The minimum atomic E-state index is -2.74. The van der Waals surface area contributed by atoms with Crippen molar-refractivity contribution in [1.82, 2.24) is 9.80 Å². The minimum absolute atomic E-state index is 0.00853. The molecule has 1 aromatic rings. The Morgan fingerprint density at radius 3 is 2.33 bits per heavy atom. The van der Waals surface area contributed by atoms with Crippen molar-refractivity contribution in [3.8, 4) is 5.75 Å². The highest BCUT2D eigenvalue weighted by atomic mass is 35.5. The predicted octanol–water partition coefficient (Wildman–Crippen LogP) is 0.893. The molecule has 2 saturated carbocycles. The molecule has 0 spiro atoms. The number of fused-ring (bicyclic) bond motifs is 3. The summed E-state index contributed by atoms with van der Waals surface area (Å²) in [4.78, 5) is 70.0. The number of amides is 1. The topological polar surface area (TPSA) is 158 Å². The molecule has 3 fully saturated rings. The highest BCUT2D eigenvalue weighted by molar-refractivity contribution is 6.34. The van der Waals surface area contributed by atoms with Gasteiger partial charge in [0, 0.05) is 29.6 Å². The largest absolute Gasteiger partial charge is 0.507 e. The number of Topliss-reactive ketones (excluding diaryl/α,β-unsaturated/α-hetero) is 4. The van der Waals surface area contributed by atoms with Crippen molar-refractivity contribution < 1.29 is 34.2 Å². The number of carbonyl (C=O) groups excluding carboxylic acids is 5. The molecule has 1 heterocycles. The molecule has 2 unspecified atom stereocenters. The number of carbonyl (C=O) groups is 5. The molecule has 4 N–H and O–H groups in total. The van der Waals surface area contributed by atoms with Crippen molar-refractivity contribution in [1.29, 1.82) is 0 Å². The van der Waals surface area contributed by atoms with E-state index in [1.807, 2.05) is 0 Å². The number of primary amides is 1. The molecular weight excluding hydrogens is 526 g/mol. The van der Waals surface area contributed by atoms with Crippen LogP contribution in [-0.4, -0.2) is 86.9 Å². The molecule has 5 rings (SSSR count). The number of benzene rings is 1. The van der Waals surface area contributed by atoms with Crippen LogP contribution < -0.4 is 5.73 Å². The fourth-order valence-electron chi connectivity index (χ4n) is 7.58. The maximum atomic E-state index is 13.9. The van der Waals surface area contributed by atoms with Gasteiger partial charge in [-0.1, -0.05) is 11.6 Å². The molecule has 39 heavy (non-hydrogen) atoms. The smallest absolute Gasteiger partial charge is 0.235 e. The molecular formula is C28H34ClN3O7. The molecule has 3 aliphatic carbocycles. The molecule has 4 aliphatic rings. The second-order valence-corrected chi connectivity index (χ2v) is 12.3. The van der Waals surface area contributed by atoms with E-state index in [2.05, 4.69) is 18.7 Å². The summed E-state index contributed by atoms with van der Waals surface area (Å²) in [6, 6.07) is 0.988. The van der Waals surface area contributed by atoms with E-state index in [0.29, 0.717) is 34.8 Å². The Morgan fingerprint density at radius 2 is 1.77 bits per heavy atom. The van der Waals surface area contributed by atoms with Crippen LogP contribution in [0.25, 0.3) is 0 Å². The van der Waals surface area contributed by atoms with Crippen molar-refractivity contribution in [2.24, 2.45) is 29.4 Å². The van der Waals surface area contributed by atoms with Gasteiger partial charge in [-0.3, -0.25) is 33.8 Å². The Balaban J connectivity index is 1.58. The number of nitrogens with zero attached hydrogens (tertiary/aromatic N) is 2. The lowest BCUT2D eigenvalue weighted by Crippen LogP contribution is -2.74. The summed E-state index contributed by atoms with van der Waals surface area (Å²) in [7, 11) is 3.10. The second-order valence-electron chi connectivity index (χ2n) is 12.0. The number of aliphatic hydroxyl groups is 1. The summed E-state index contributed by atoms with van der Waals surface area (Å²) >= 11 is 6.86. The molecule has 8 atom stereocenters. The number of phenolic OH excluding ortho intramolecular Hbond substituents is 1. The van der Waals surface area contributed by atoms with Gasteiger partial charge < -0.3 is 15.9 Å². The molecule has 11 heteroatoms. The van der Waals surface area contributed by atoms with Gasteiger partial charge in [0.05, 0.1) is 17.5 Å². The number of likely N-dealkylation sites (N-methyl/N-ethyl adjacent to an activating group) is 1. The fourth-order valence-corrected chi connectivity index (χ4v) is 7.87. The molecule has 1 aromatic carbocycles. The normalized spacial score (nSPS) is 36.6. The number of hydrogen-bond acceptors (Lipinski definition) is 9. The minimum Gasteiger partial charge on any atom is -0.507 e. The van der Waals surface area contributed by atoms with E-state index in [1.54, 1.807) is 14.1 Å². The zero-order chi connectivity index (χ0) is 28.7. The molecule has 0 radical (unpaired) electrons. The van der Waals surface area contributed by atoms with E-state index in [1.165, 1.54) is 11.0 Å².